The summed E-state index contributed by atoms with van der Waals surface area (Å²) in [5.74, 6) is 0.910. The second-order valence-corrected chi connectivity index (χ2v) is 24.1. The highest BCUT2D eigenvalue weighted by atomic mass is 19.1. The first-order chi connectivity index (χ1) is 46.3. The lowest BCUT2D eigenvalue weighted by Crippen LogP contribution is -2.29. The van der Waals surface area contributed by atoms with Crippen LogP contribution in [-0.4, -0.2) is 13.2 Å². The predicted octanol–water partition coefficient (Wildman–Crippen LogP) is 22.7. The highest BCUT2D eigenvalue weighted by molar-refractivity contribution is 5.94. The zero-order chi connectivity index (χ0) is 63.3. The van der Waals surface area contributed by atoms with Crippen molar-refractivity contribution in [3.63, 3.8) is 0 Å². The molecule has 0 N–H and O–H groups in total. The van der Waals surface area contributed by atoms with Gasteiger partial charge in [-0.3, -0.25) is 0 Å². The van der Waals surface area contributed by atoms with E-state index in [-0.39, 0.29) is 11.6 Å². The Morgan fingerprint density at radius 3 is 0.989 bits per heavy atom. The summed E-state index contributed by atoms with van der Waals surface area (Å²) in [7, 11) is 0. The topological polar surface area (TPSA) is 24.9 Å². The summed E-state index contributed by atoms with van der Waals surface area (Å²) in [6.45, 7) is 8.56. The summed E-state index contributed by atoms with van der Waals surface area (Å²) in [6.07, 6.45) is 3.52. The number of benzene rings is 14. The van der Waals surface area contributed by atoms with Gasteiger partial charge in [0.25, 0.3) is 0 Å². The predicted molar refractivity (Wildman–Crippen MR) is 382 cm³/mol. The van der Waals surface area contributed by atoms with E-state index in [9.17, 15) is 8.78 Å². The summed E-state index contributed by atoms with van der Waals surface area (Å²) < 4.78 is 42.1. The molecule has 2 atom stereocenters. The molecule has 0 spiro atoms. The van der Waals surface area contributed by atoms with E-state index in [1.54, 1.807) is 12.2 Å². The average Bonchev–Trinajstić information content (AvgIpc) is 1.53. The number of fused-ring (bicyclic) bond motifs is 8. The van der Waals surface area contributed by atoms with E-state index in [2.05, 4.69) is 290 Å². The van der Waals surface area contributed by atoms with E-state index < -0.39 is 10.8 Å². The Morgan fingerprint density at radius 2 is 0.606 bits per heavy atom. The Kier molecular flexibility index (Phi) is 14.5. The van der Waals surface area contributed by atoms with Crippen molar-refractivity contribution in [2.75, 3.05) is 23.0 Å². The minimum atomic E-state index is -0.733. The number of hydrogen-bond acceptors (Lipinski definition) is 4. The van der Waals surface area contributed by atoms with Crippen LogP contribution in [0.2, 0.25) is 0 Å². The highest BCUT2D eigenvalue weighted by Gasteiger charge is 2.48. The molecule has 0 bridgehead atoms. The molecule has 2 aliphatic rings. The van der Waals surface area contributed by atoms with E-state index in [1.165, 1.54) is 57.3 Å². The number of anilines is 6. The number of halogens is 2. The maximum Gasteiger partial charge on any atom is 0.123 e. The Labute approximate surface area is 546 Å². The van der Waals surface area contributed by atoms with Crippen LogP contribution in [0, 0.1) is 11.6 Å². The molecule has 0 saturated carbocycles. The summed E-state index contributed by atoms with van der Waals surface area (Å²) in [5.41, 5.74) is 19.6. The molecule has 0 saturated heterocycles. The van der Waals surface area contributed by atoms with Crippen LogP contribution < -0.4 is 19.3 Å². The third kappa shape index (κ3) is 9.64. The largest absolute Gasteiger partial charge is 0.490 e. The number of rotatable bonds is 17. The molecule has 94 heavy (non-hydrogen) atoms. The zero-order valence-electron chi connectivity index (χ0n) is 51.5. The van der Waals surface area contributed by atoms with E-state index >= 15 is 0 Å². The molecule has 0 radical (unpaired) electrons. The van der Waals surface area contributed by atoms with Crippen molar-refractivity contribution in [1.29, 1.82) is 0 Å². The molecule has 4 nitrogen and oxygen atoms in total. The van der Waals surface area contributed by atoms with Crippen molar-refractivity contribution in [3.8, 4) is 44.9 Å². The van der Waals surface area contributed by atoms with Gasteiger partial charge in [-0.2, -0.15) is 0 Å². The molecule has 0 heterocycles. The van der Waals surface area contributed by atoms with Crippen LogP contribution in [0.25, 0.3) is 54.9 Å². The average molecular weight is 1220 g/mol. The van der Waals surface area contributed by atoms with Gasteiger partial charge in [-0.15, -0.1) is 0 Å². The molecule has 2 unspecified atom stereocenters. The van der Waals surface area contributed by atoms with Crippen LogP contribution in [0.4, 0.5) is 42.9 Å². The monoisotopic (exact) mass is 1220 g/mol. The second kappa shape index (κ2) is 23.7. The molecule has 0 aliphatic heterocycles. The van der Waals surface area contributed by atoms with Crippen molar-refractivity contribution in [1.82, 2.24) is 0 Å². The fourth-order valence-corrected chi connectivity index (χ4v) is 14.8. The molecule has 14 aromatic carbocycles. The quantitative estimate of drug-likeness (QED) is 0.0849. The zero-order valence-corrected chi connectivity index (χ0v) is 51.5. The number of ether oxygens (including phenoxy) is 2. The molecular formula is C88H62F2N2O2. The number of nitrogens with zero attached hydrogens (tertiary/aromatic N) is 2. The van der Waals surface area contributed by atoms with Gasteiger partial charge in [-0.05, 0) is 233 Å². The summed E-state index contributed by atoms with van der Waals surface area (Å²) in [6, 6.07) is 109. The van der Waals surface area contributed by atoms with Crippen LogP contribution in [0.1, 0.15) is 44.5 Å². The van der Waals surface area contributed by atoms with E-state index in [0.29, 0.717) is 13.2 Å². The van der Waals surface area contributed by atoms with E-state index in [0.717, 1.165) is 112 Å². The van der Waals surface area contributed by atoms with Crippen molar-refractivity contribution >= 4 is 55.7 Å². The smallest absolute Gasteiger partial charge is 0.123 e. The standard InChI is InChI=1S/C88H62F2N2O2/c1-3-53-93-77-47-29-65(30-48-77)87(67-27-21-59-13-5-7-15-63(59)55-67)83-19-11-9-17-79(83)81-51-45-75(57-85(81)87)91(73-41-33-69(89)34-42-73)71-37-23-61(24-38-71)62-25-39-72(40-26-62)92(74-43-35-70(90)36-44-74)76-46-52-82-80-18-10-12-20-84(80)88(86(82)58-76,66-31-49-78(50-32-66)94-54-4-2)68-28-22-60-14-6-8-16-64(60)56-68/h3-52,55-58H,1-2,53-54H2. The van der Waals surface area contributed by atoms with Gasteiger partial charge in [0.2, 0.25) is 0 Å². The molecule has 450 valence electrons. The highest BCUT2D eigenvalue weighted by Crippen LogP contribution is 2.60. The maximum absolute atomic E-state index is 15.0. The summed E-state index contributed by atoms with van der Waals surface area (Å²) in [4.78, 5) is 4.43. The summed E-state index contributed by atoms with van der Waals surface area (Å²) in [5, 5.41) is 4.64. The fraction of sp³-hybridized carbons (Fsp3) is 0.0455. The van der Waals surface area contributed by atoms with Crippen LogP contribution in [0.15, 0.2) is 341 Å². The lowest BCUT2D eigenvalue weighted by Gasteiger charge is -2.35. The first-order valence-corrected chi connectivity index (χ1v) is 31.8. The van der Waals surface area contributed by atoms with Gasteiger partial charge in [0.05, 0.1) is 10.8 Å². The third-order valence-corrected chi connectivity index (χ3v) is 19.0. The number of hydrogen-bond donors (Lipinski definition) is 0. The van der Waals surface area contributed by atoms with Crippen molar-refractivity contribution in [2.24, 2.45) is 0 Å². The first-order valence-electron chi connectivity index (χ1n) is 31.8. The lowest BCUT2D eigenvalue weighted by atomic mass is 9.67. The van der Waals surface area contributed by atoms with E-state index in [4.69, 9.17) is 9.47 Å². The van der Waals surface area contributed by atoms with Crippen molar-refractivity contribution in [3.05, 3.63) is 397 Å². The molecule has 14 aromatic rings. The second-order valence-electron chi connectivity index (χ2n) is 24.1. The van der Waals surface area contributed by atoms with Gasteiger partial charge >= 0.3 is 0 Å². The molecule has 0 fully saturated rings. The normalized spacial score (nSPS) is 15.0. The van der Waals surface area contributed by atoms with Crippen LogP contribution in [0.3, 0.4) is 0 Å². The molecule has 2 aliphatic carbocycles. The van der Waals surface area contributed by atoms with Crippen LogP contribution in [-0.2, 0) is 10.8 Å². The maximum atomic E-state index is 15.0. The van der Waals surface area contributed by atoms with Crippen molar-refractivity contribution in [2.45, 2.75) is 10.8 Å². The molecule has 0 aromatic heterocycles. The molecular weight excluding hydrogens is 1150 g/mol. The minimum absolute atomic E-state index is 0.312. The van der Waals surface area contributed by atoms with E-state index in [1.807, 2.05) is 24.3 Å². The molecule has 6 heteroatoms. The lowest BCUT2D eigenvalue weighted by molar-refractivity contribution is 0.363. The van der Waals surface area contributed by atoms with Crippen molar-refractivity contribution < 1.29 is 18.3 Å². The Hall–Kier alpha value is -11.9. The SMILES string of the molecule is C=CCOc1ccc(C2(c3ccc4ccccc4c3)c3ccccc3-c3ccc(N(c4ccc(F)cc4)c4ccc(-c5ccc(N(c6ccc(F)cc6)c6ccc7c(c6)C(c6ccc(OCC=C)cc6)(c6ccc8ccccc8c6)c6ccccc6-7)cc5)cc4)cc32)cc1. The van der Waals surface area contributed by atoms with Gasteiger partial charge in [-0.25, -0.2) is 8.78 Å². The minimum Gasteiger partial charge on any atom is -0.490 e. The van der Waals surface area contributed by atoms with Gasteiger partial charge in [0, 0.05) is 34.1 Å². The Balaban J connectivity index is 0.792. The van der Waals surface area contributed by atoms with Gasteiger partial charge in [-0.1, -0.05) is 207 Å². The third-order valence-electron chi connectivity index (χ3n) is 19.0. The first kappa shape index (κ1) is 57.3. The van der Waals surface area contributed by atoms with Gasteiger partial charge < -0.3 is 19.3 Å². The van der Waals surface area contributed by atoms with Crippen LogP contribution in [0.5, 0.6) is 11.5 Å². The van der Waals surface area contributed by atoms with Gasteiger partial charge in [0.1, 0.15) is 36.3 Å². The fourth-order valence-electron chi connectivity index (χ4n) is 14.8. The molecule has 16 rings (SSSR count). The summed E-state index contributed by atoms with van der Waals surface area (Å²) >= 11 is 0. The van der Waals surface area contributed by atoms with Crippen LogP contribution >= 0.6 is 0 Å². The van der Waals surface area contributed by atoms with Gasteiger partial charge in [0.15, 0.2) is 0 Å². The molecule has 0 amide bonds. The Bertz CT molecular complexity index is 4870. The Morgan fingerprint density at radius 1 is 0.287 bits per heavy atom.